The van der Waals surface area contributed by atoms with E-state index >= 15 is 0 Å². The van der Waals surface area contributed by atoms with Gasteiger partial charge in [-0.15, -0.1) is 0 Å². The first-order valence-electron chi connectivity index (χ1n) is 7.32. The maximum atomic E-state index is 6.23. The maximum absolute atomic E-state index is 6.23. The highest BCUT2D eigenvalue weighted by Gasteiger charge is 2.16. The third-order valence-electron chi connectivity index (χ3n) is 3.93. The van der Waals surface area contributed by atoms with Crippen LogP contribution in [0.3, 0.4) is 0 Å². The SMILES string of the molecule is Cc1ccc(C(CN)N(C)CCc2ccccc2)cc1Cl. The van der Waals surface area contributed by atoms with Crippen LogP contribution in [0.4, 0.5) is 0 Å². The van der Waals surface area contributed by atoms with Crippen molar-refractivity contribution in [3.63, 3.8) is 0 Å². The topological polar surface area (TPSA) is 29.3 Å². The molecule has 21 heavy (non-hydrogen) atoms. The van der Waals surface area contributed by atoms with Gasteiger partial charge in [0.2, 0.25) is 0 Å². The lowest BCUT2D eigenvalue weighted by Crippen LogP contribution is -2.32. The predicted octanol–water partition coefficient (Wildman–Crippen LogP) is 3.82. The largest absolute Gasteiger partial charge is 0.329 e. The number of likely N-dealkylation sites (N-methyl/N-ethyl adjacent to an activating group) is 1. The zero-order chi connectivity index (χ0) is 15.2. The monoisotopic (exact) mass is 302 g/mol. The third-order valence-corrected chi connectivity index (χ3v) is 4.34. The molecule has 2 aromatic rings. The second kappa shape index (κ2) is 7.60. The molecular weight excluding hydrogens is 280 g/mol. The first-order valence-corrected chi connectivity index (χ1v) is 7.70. The van der Waals surface area contributed by atoms with E-state index in [1.807, 2.05) is 19.1 Å². The lowest BCUT2D eigenvalue weighted by Gasteiger charge is -2.27. The van der Waals surface area contributed by atoms with Crippen LogP contribution in [-0.4, -0.2) is 25.0 Å². The van der Waals surface area contributed by atoms with E-state index < -0.39 is 0 Å². The molecular formula is C18H23ClN2. The molecule has 0 saturated carbocycles. The molecule has 3 heteroatoms. The minimum absolute atomic E-state index is 0.201. The summed E-state index contributed by atoms with van der Waals surface area (Å²) in [7, 11) is 2.12. The van der Waals surface area contributed by atoms with Crippen molar-refractivity contribution in [2.45, 2.75) is 19.4 Å². The molecule has 2 rings (SSSR count). The van der Waals surface area contributed by atoms with E-state index in [9.17, 15) is 0 Å². The third kappa shape index (κ3) is 4.31. The van der Waals surface area contributed by atoms with E-state index in [1.54, 1.807) is 0 Å². The summed E-state index contributed by atoms with van der Waals surface area (Å²) >= 11 is 6.23. The second-order valence-corrected chi connectivity index (χ2v) is 5.88. The van der Waals surface area contributed by atoms with Gasteiger partial charge >= 0.3 is 0 Å². The average Bonchev–Trinajstić information content (AvgIpc) is 2.50. The molecule has 2 N–H and O–H groups in total. The van der Waals surface area contributed by atoms with Gasteiger partial charge in [0.15, 0.2) is 0 Å². The molecule has 0 heterocycles. The zero-order valence-electron chi connectivity index (χ0n) is 12.7. The van der Waals surface area contributed by atoms with Crippen LogP contribution in [0.1, 0.15) is 22.7 Å². The van der Waals surface area contributed by atoms with E-state index in [0.717, 1.165) is 23.6 Å². The Kier molecular flexibility index (Phi) is 5.80. The molecule has 0 amide bonds. The highest BCUT2D eigenvalue weighted by atomic mass is 35.5. The van der Waals surface area contributed by atoms with Crippen LogP contribution in [0.5, 0.6) is 0 Å². The van der Waals surface area contributed by atoms with Gasteiger partial charge in [-0.2, -0.15) is 0 Å². The molecule has 0 saturated heterocycles. The Labute approximate surface area is 132 Å². The van der Waals surface area contributed by atoms with Crippen molar-refractivity contribution in [2.24, 2.45) is 5.73 Å². The molecule has 2 aromatic carbocycles. The smallest absolute Gasteiger partial charge is 0.0468 e. The van der Waals surface area contributed by atoms with Gasteiger partial charge in [-0.05, 0) is 43.1 Å². The van der Waals surface area contributed by atoms with Gasteiger partial charge in [-0.3, -0.25) is 4.90 Å². The van der Waals surface area contributed by atoms with E-state index in [1.165, 1.54) is 11.1 Å². The summed E-state index contributed by atoms with van der Waals surface area (Å²) in [5.74, 6) is 0. The minimum atomic E-state index is 0.201. The lowest BCUT2D eigenvalue weighted by molar-refractivity contribution is 0.253. The Bertz CT molecular complexity index is 569. The molecule has 0 aliphatic heterocycles. The Morgan fingerprint density at radius 1 is 1.14 bits per heavy atom. The first-order chi connectivity index (χ1) is 10.1. The Balaban J connectivity index is 2.04. The molecule has 0 bridgehead atoms. The van der Waals surface area contributed by atoms with Gasteiger partial charge in [-0.25, -0.2) is 0 Å². The first kappa shape index (κ1) is 16.0. The average molecular weight is 303 g/mol. The summed E-state index contributed by atoms with van der Waals surface area (Å²) in [6, 6.07) is 16.9. The molecule has 1 atom stereocenters. The highest BCUT2D eigenvalue weighted by Crippen LogP contribution is 2.24. The molecule has 0 aliphatic carbocycles. The quantitative estimate of drug-likeness (QED) is 0.879. The van der Waals surface area contributed by atoms with Gasteiger partial charge in [0.25, 0.3) is 0 Å². The van der Waals surface area contributed by atoms with E-state index in [2.05, 4.69) is 48.3 Å². The van der Waals surface area contributed by atoms with Gasteiger partial charge in [-0.1, -0.05) is 54.1 Å². The van der Waals surface area contributed by atoms with Crippen molar-refractivity contribution >= 4 is 11.6 Å². The number of halogens is 1. The fourth-order valence-corrected chi connectivity index (χ4v) is 2.68. The van der Waals surface area contributed by atoms with Crippen LogP contribution in [-0.2, 0) is 6.42 Å². The normalized spacial score (nSPS) is 12.6. The van der Waals surface area contributed by atoms with Crippen LogP contribution in [0, 0.1) is 6.92 Å². The van der Waals surface area contributed by atoms with Crippen LogP contribution >= 0.6 is 11.6 Å². The fraction of sp³-hybridized carbons (Fsp3) is 0.333. The number of nitrogens with zero attached hydrogens (tertiary/aromatic N) is 1. The summed E-state index contributed by atoms with van der Waals surface area (Å²) in [4.78, 5) is 2.30. The van der Waals surface area contributed by atoms with E-state index in [0.29, 0.717) is 6.54 Å². The zero-order valence-corrected chi connectivity index (χ0v) is 13.5. The Morgan fingerprint density at radius 2 is 1.86 bits per heavy atom. The predicted molar refractivity (Wildman–Crippen MR) is 90.8 cm³/mol. The fourth-order valence-electron chi connectivity index (χ4n) is 2.49. The number of rotatable bonds is 6. The molecule has 0 aromatic heterocycles. The van der Waals surface area contributed by atoms with Crippen LogP contribution in [0.15, 0.2) is 48.5 Å². The van der Waals surface area contributed by atoms with Crippen molar-refractivity contribution in [1.82, 2.24) is 4.90 Å². The van der Waals surface area contributed by atoms with Crippen molar-refractivity contribution in [1.29, 1.82) is 0 Å². The molecule has 0 fully saturated rings. The number of aryl methyl sites for hydroxylation is 1. The summed E-state index contributed by atoms with van der Waals surface area (Å²) in [6.07, 6.45) is 1.02. The lowest BCUT2D eigenvalue weighted by atomic mass is 10.0. The molecule has 2 nitrogen and oxygen atoms in total. The van der Waals surface area contributed by atoms with Gasteiger partial charge in [0.1, 0.15) is 0 Å². The number of nitrogens with two attached hydrogens (primary N) is 1. The number of hydrogen-bond acceptors (Lipinski definition) is 2. The summed E-state index contributed by atoms with van der Waals surface area (Å²) < 4.78 is 0. The minimum Gasteiger partial charge on any atom is -0.329 e. The standard InChI is InChI=1S/C18H23ClN2/c1-14-8-9-16(12-17(14)19)18(13-20)21(2)11-10-15-6-4-3-5-7-15/h3-9,12,18H,10-11,13,20H2,1-2H3. The van der Waals surface area contributed by atoms with Crippen LogP contribution in [0.2, 0.25) is 5.02 Å². The maximum Gasteiger partial charge on any atom is 0.0468 e. The molecule has 1 unspecified atom stereocenters. The van der Waals surface area contributed by atoms with Crippen LogP contribution < -0.4 is 5.73 Å². The summed E-state index contributed by atoms with van der Waals surface area (Å²) in [6.45, 7) is 3.57. The number of hydrogen-bond donors (Lipinski definition) is 1. The van der Waals surface area contributed by atoms with Gasteiger partial charge < -0.3 is 5.73 Å². The van der Waals surface area contributed by atoms with E-state index in [4.69, 9.17) is 17.3 Å². The summed E-state index contributed by atoms with van der Waals surface area (Å²) in [5.41, 5.74) is 9.61. The van der Waals surface area contributed by atoms with Crippen molar-refractivity contribution < 1.29 is 0 Å². The van der Waals surface area contributed by atoms with Gasteiger partial charge in [0, 0.05) is 24.2 Å². The Hall–Kier alpha value is -1.35. The van der Waals surface area contributed by atoms with E-state index in [-0.39, 0.29) is 6.04 Å². The molecule has 0 radical (unpaired) electrons. The molecule has 112 valence electrons. The second-order valence-electron chi connectivity index (χ2n) is 5.48. The molecule has 0 aliphatic rings. The highest BCUT2D eigenvalue weighted by molar-refractivity contribution is 6.31. The Morgan fingerprint density at radius 3 is 2.48 bits per heavy atom. The number of benzene rings is 2. The van der Waals surface area contributed by atoms with Crippen molar-refractivity contribution in [3.8, 4) is 0 Å². The van der Waals surface area contributed by atoms with Gasteiger partial charge in [0.05, 0.1) is 0 Å². The van der Waals surface area contributed by atoms with Crippen LogP contribution in [0.25, 0.3) is 0 Å². The van der Waals surface area contributed by atoms with Crippen molar-refractivity contribution in [2.75, 3.05) is 20.1 Å². The van der Waals surface area contributed by atoms with Crippen molar-refractivity contribution in [3.05, 3.63) is 70.2 Å². The summed E-state index contributed by atoms with van der Waals surface area (Å²) in [5, 5.41) is 0.808. The molecule has 0 spiro atoms.